The third-order valence-corrected chi connectivity index (χ3v) is 4.77. The average Bonchev–Trinajstić information content (AvgIpc) is 2.62. The number of hydrogen-bond acceptors (Lipinski definition) is 2. The molecule has 3 rings (SSSR count). The third-order valence-electron chi connectivity index (χ3n) is 4.77. The Hall–Kier alpha value is -2.74. The van der Waals surface area contributed by atoms with Crippen molar-refractivity contribution in [1.82, 2.24) is 4.98 Å². The number of aryl methyl sites for hydroxylation is 2. The van der Waals surface area contributed by atoms with E-state index in [1.807, 2.05) is 19.2 Å². The number of carbonyl (C=O) groups is 1. The van der Waals surface area contributed by atoms with Gasteiger partial charge in [-0.2, -0.15) is 0 Å². The highest BCUT2D eigenvalue weighted by Crippen LogP contribution is 2.22. The second-order valence-corrected chi connectivity index (χ2v) is 7.11. The van der Waals surface area contributed by atoms with Crippen LogP contribution in [0.4, 0.5) is 0 Å². The van der Waals surface area contributed by atoms with Crippen molar-refractivity contribution in [3.8, 4) is 11.1 Å². The molecule has 0 fully saturated rings. The molecular weight excluding hydrogens is 318 g/mol. The van der Waals surface area contributed by atoms with Gasteiger partial charge in [0, 0.05) is 24.7 Å². The van der Waals surface area contributed by atoms with E-state index in [1.165, 1.54) is 11.1 Å². The molecule has 0 aliphatic carbocycles. The molecule has 0 aliphatic heterocycles. The van der Waals surface area contributed by atoms with Crippen molar-refractivity contribution in [2.45, 2.75) is 39.5 Å². The molecule has 0 bridgehead atoms. The molecular formula is C24H25NO. The van der Waals surface area contributed by atoms with Crippen molar-refractivity contribution >= 4 is 5.78 Å². The zero-order valence-electron chi connectivity index (χ0n) is 15.7. The average molecular weight is 343 g/mol. The van der Waals surface area contributed by atoms with Crippen molar-refractivity contribution in [3.63, 3.8) is 0 Å². The molecule has 1 heterocycles. The van der Waals surface area contributed by atoms with Gasteiger partial charge in [-0.05, 0) is 54.2 Å². The summed E-state index contributed by atoms with van der Waals surface area (Å²) in [6.07, 6.45) is 2.90. The van der Waals surface area contributed by atoms with E-state index in [2.05, 4.69) is 73.4 Å². The molecule has 0 amide bonds. The lowest BCUT2D eigenvalue weighted by Gasteiger charge is -2.12. The van der Waals surface area contributed by atoms with Crippen LogP contribution in [0.25, 0.3) is 11.1 Å². The second-order valence-electron chi connectivity index (χ2n) is 7.11. The van der Waals surface area contributed by atoms with Gasteiger partial charge in [-0.15, -0.1) is 0 Å². The van der Waals surface area contributed by atoms with E-state index in [0.29, 0.717) is 12.8 Å². The molecule has 0 N–H and O–H groups in total. The molecule has 2 heteroatoms. The summed E-state index contributed by atoms with van der Waals surface area (Å²) < 4.78 is 0. The Balaban J connectivity index is 1.61. The molecule has 26 heavy (non-hydrogen) atoms. The van der Waals surface area contributed by atoms with E-state index in [1.54, 1.807) is 0 Å². The molecule has 1 atom stereocenters. The Morgan fingerprint density at radius 2 is 1.62 bits per heavy atom. The lowest BCUT2D eigenvalue weighted by molar-refractivity contribution is -0.118. The van der Waals surface area contributed by atoms with Gasteiger partial charge in [0.05, 0.1) is 0 Å². The van der Waals surface area contributed by atoms with Crippen LogP contribution >= 0.6 is 0 Å². The van der Waals surface area contributed by atoms with Crippen LogP contribution in [0.1, 0.15) is 41.6 Å². The van der Waals surface area contributed by atoms with Gasteiger partial charge in [0.25, 0.3) is 0 Å². The molecule has 2 nitrogen and oxygen atoms in total. The van der Waals surface area contributed by atoms with Gasteiger partial charge in [-0.1, -0.05) is 61.0 Å². The first-order chi connectivity index (χ1) is 12.5. The number of hydrogen-bond donors (Lipinski definition) is 0. The van der Waals surface area contributed by atoms with Crippen molar-refractivity contribution in [3.05, 3.63) is 89.2 Å². The maximum atomic E-state index is 12.5. The maximum absolute atomic E-state index is 12.5. The summed E-state index contributed by atoms with van der Waals surface area (Å²) in [7, 11) is 0. The SMILES string of the molecule is Cc1ccc(C(C)CC(=O)Cc2ccc(-c3ccnc(C)c3)cc2)cc1. The largest absolute Gasteiger partial charge is 0.299 e. The Kier molecular flexibility index (Phi) is 5.62. The monoisotopic (exact) mass is 343 g/mol. The molecule has 1 aromatic heterocycles. The van der Waals surface area contributed by atoms with Crippen LogP contribution in [0.3, 0.4) is 0 Å². The van der Waals surface area contributed by atoms with Crippen LogP contribution in [-0.4, -0.2) is 10.8 Å². The first kappa shape index (κ1) is 18.1. The zero-order valence-corrected chi connectivity index (χ0v) is 15.7. The first-order valence-corrected chi connectivity index (χ1v) is 9.11. The minimum atomic E-state index is 0.252. The summed E-state index contributed by atoms with van der Waals surface area (Å²) in [5, 5.41) is 0. The molecule has 0 radical (unpaired) electrons. The molecule has 3 aromatic rings. The molecule has 132 valence electrons. The number of pyridine rings is 1. The van der Waals surface area contributed by atoms with Gasteiger partial charge in [0.15, 0.2) is 0 Å². The number of carbonyl (C=O) groups excluding carboxylic acids is 1. The standard InChI is InChI=1S/C24H25NO/c1-17-4-8-21(9-5-17)18(2)14-24(26)16-20-6-10-22(11-7-20)23-12-13-25-19(3)15-23/h4-13,15,18H,14,16H2,1-3H3. The first-order valence-electron chi connectivity index (χ1n) is 9.11. The van der Waals surface area contributed by atoms with Crippen molar-refractivity contribution in [2.75, 3.05) is 0 Å². The predicted octanol–water partition coefficient (Wildman–Crippen LogP) is 5.67. The van der Waals surface area contributed by atoms with E-state index in [4.69, 9.17) is 0 Å². The lowest BCUT2D eigenvalue weighted by atomic mass is 9.92. The maximum Gasteiger partial charge on any atom is 0.137 e. The number of rotatable bonds is 6. The molecule has 1 unspecified atom stereocenters. The zero-order chi connectivity index (χ0) is 18.5. The number of nitrogens with zero attached hydrogens (tertiary/aromatic N) is 1. The van der Waals surface area contributed by atoms with Gasteiger partial charge in [-0.3, -0.25) is 9.78 Å². The molecule has 0 aliphatic rings. The number of ketones is 1. The summed E-state index contributed by atoms with van der Waals surface area (Å²) in [4.78, 5) is 16.7. The van der Waals surface area contributed by atoms with Crippen LogP contribution in [0.2, 0.25) is 0 Å². The summed E-state index contributed by atoms with van der Waals surface area (Å²) in [5.41, 5.74) is 6.86. The smallest absolute Gasteiger partial charge is 0.137 e. The van der Waals surface area contributed by atoms with Crippen LogP contribution in [0.5, 0.6) is 0 Å². The fraction of sp³-hybridized carbons (Fsp3) is 0.250. The Bertz CT molecular complexity index is 879. The van der Waals surface area contributed by atoms with Gasteiger partial charge in [0.1, 0.15) is 5.78 Å². The van der Waals surface area contributed by atoms with Crippen molar-refractivity contribution in [1.29, 1.82) is 0 Å². The summed E-state index contributed by atoms with van der Waals surface area (Å²) in [5.74, 6) is 0.535. The van der Waals surface area contributed by atoms with Crippen molar-refractivity contribution < 1.29 is 4.79 Å². The van der Waals surface area contributed by atoms with Crippen LogP contribution < -0.4 is 0 Å². The summed E-state index contributed by atoms with van der Waals surface area (Å²) in [6.45, 7) is 6.19. The normalized spacial score (nSPS) is 12.0. The minimum Gasteiger partial charge on any atom is -0.299 e. The fourth-order valence-electron chi connectivity index (χ4n) is 3.19. The Morgan fingerprint density at radius 1 is 0.923 bits per heavy atom. The minimum absolute atomic E-state index is 0.252. The predicted molar refractivity (Wildman–Crippen MR) is 107 cm³/mol. The molecule has 0 saturated heterocycles. The van der Waals surface area contributed by atoms with E-state index < -0.39 is 0 Å². The highest BCUT2D eigenvalue weighted by atomic mass is 16.1. The molecule has 0 spiro atoms. The lowest BCUT2D eigenvalue weighted by Crippen LogP contribution is -2.07. The number of benzene rings is 2. The highest BCUT2D eigenvalue weighted by molar-refractivity contribution is 5.81. The van der Waals surface area contributed by atoms with E-state index in [-0.39, 0.29) is 11.7 Å². The van der Waals surface area contributed by atoms with Gasteiger partial charge >= 0.3 is 0 Å². The summed E-state index contributed by atoms with van der Waals surface area (Å²) in [6, 6.07) is 20.8. The molecule has 2 aromatic carbocycles. The van der Waals surface area contributed by atoms with Gasteiger partial charge in [0.2, 0.25) is 0 Å². The number of Topliss-reactive ketones (excluding diaryl/α,β-unsaturated/α-hetero) is 1. The van der Waals surface area contributed by atoms with Gasteiger partial charge in [-0.25, -0.2) is 0 Å². The van der Waals surface area contributed by atoms with Gasteiger partial charge < -0.3 is 0 Å². The molecule has 0 saturated carbocycles. The quantitative estimate of drug-likeness (QED) is 0.577. The fourth-order valence-corrected chi connectivity index (χ4v) is 3.19. The van der Waals surface area contributed by atoms with Crippen molar-refractivity contribution in [2.24, 2.45) is 0 Å². The second kappa shape index (κ2) is 8.09. The third kappa shape index (κ3) is 4.66. The van der Waals surface area contributed by atoms with E-state index >= 15 is 0 Å². The highest BCUT2D eigenvalue weighted by Gasteiger charge is 2.12. The Labute approximate surface area is 155 Å². The topological polar surface area (TPSA) is 30.0 Å². The van der Waals surface area contributed by atoms with Crippen LogP contribution in [-0.2, 0) is 11.2 Å². The number of aromatic nitrogens is 1. The summed E-state index contributed by atoms with van der Waals surface area (Å²) >= 11 is 0. The van der Waals surface area contributed by atoms with E-state index in [0.717, 1.165) is 22.4 Å². The Morgan fingerprint density at radius 3 is 2.27 bits per heavy atom. The van der Waals surface area contributed by atoms with Crippen LogP contribution in [0.15, 0.2) is 66.9 Å². The van der Waals surface area contributed by atoms with E-state index in [9.17, 15) is 4.79 Å². The van der Waals surface area contributed by atoms with Crippen LogP contribution in [0, 0.1) is 13.8 Å².